The van der Waals surface area contributed by atoms with Crippen LogP contribution in [0, 0.1) is 0 Å². The van der Waals surface area contributed by atoms with E-state index in [1.165, 1.54) is 11.3 Å². The highest BCUT2D eigenvalue weighted by Gasteiger charge is 2.20. The van der Waals surface area contributed by atoms with Crippen molar-refractivity contribution >= 4 is 54.6 Å². The lowest BCUT2D eigenvalue weighted by atomic mass is 10.3. The average molecular weight is 410 g/mol. The first-order valence-electron chi connectivity index (χ1n) is 6.19. The Hall–Kier alpha value is -0.600. The van der Waals surface area contributed by atoms with Crippen LogP contribution in [0.2, 0.25) is 5.02 Å². The fourth-order valence-electron chi connectivity index (χ4n) is 1.71. The van der Waals surface area contributed by atoms with Crippen molar-refractivity contribution in [1.29, 1.82) is 0 Å². The SMILES string of the molecule is CCNCc1sccc1S(=O)(=O)Nc1ccc(Cl)cc1Br. The lowest BCUT2D eigenvalue weighted by molar-refractivity contribution is 0.599. The molecule has 0 bridgehead atoms. The molecule has 0 aliphatic heterocycles. The van der Waals surface area contributed by atoms with Crippen LogP contribution in [0.15, 0.2) is 39.0 Å². The zero-order chi connectivity index (χ0) is 15.5. The van der Waals surface area contributed by atoms with Gasteiger partial charge in [-0.05, 0) is 52.1 Å². The molecule has 2 rings (SSSR count). The van der Waals surface area contributed by atoms with Crippen molar-refractivity contribution in [1.82, 2.24) is 5.32 Å². The van der Waals surface area contributed by atoms with Crippen molar-refractivity contribution in [3.63, 3.8) is 0 Å². The molecule has 0 saturated heterocycles. The number of sulfonamides is 1. The molecule has 1 aromatic carbocycles. The van der Waals surface area contributed by atoms with Crippen molar-refractivity contribution in [2.45, 2.75) is 18.4 Å². The maximum Gasteiger partial charge on any atom is 0.263 e. The van der Waals surface area contributed by atoms with Gasteiger partial charge in [-0.3, -0.25) is 4.72 Å². The van der Waals surface area contributed by atoms with Crippen molar-refractivity contribution in [2.24, 2.45) is 0 Å². The first-order chi connectivity index (χ1) is 9.94. The van der Waals surface area contributed by atoms with Crippen LogP contribution < -0.4 is 10.0 Å². The van der Waals surface area contributed by atoms with E-state index in [1.54, 1.807) is 29.6 Å². The molecule has 0 saturated carbocycles. The van der Waals surface area contributed by atoms with Crippen LogP contribution in [0.3, 0.4) is 0 Å². The molecule has 21 heavy (non-hydrogen) atoms. The van der Waals surface area contributed by atoms with E-state index in [4.69, 9.17) is 11.6 Å². The fraction of sp³-hybridized carbons (Fsp3) is 0.231. The molecule has 0 aliphatic rings. The Morgan fingerprint density at radius 1 is 1.33 bits per heavy atom. The second kappa shape index (κ2) is 7.11. The van der Waals surface area contributed by atoms with Gasteiger partial charge in [0.25, 0.3) is 10.0 Å². The van der Waals surface area contributed by atoms with Crippen LogP contribution in [0.1, 0.15) is 11.8 Å². The summed E-state index contributed by atoms with van der Waals surface area (Å²) in [5.74, 6) is 0. The van der Waals surface area contributed by atoms with Gasteiger partial charge in [0, 0.05) is 20.9 Å². The van der Waals surface area contributed by atoms with E-state index >= 15 is 0 Å². The molecule has 0 fully saturated rings. The molecular formula is C13H14BrClN2O2S2. The molecule has 0 aliphatic carbocycles. The number of anilines is 1. The van der Waals surface area contributed by atoms with Crippen LogP contribution in [-0.4, -0.2) is 15.0 Å². The van der Waals surface area contributed by atoms with Gasteiger partial charge in [-0.25, -0.2) is 8.42 Å². The number of rotatable bonds is 6. The molecule has 2 N–H and O–H groups in total. The third kappa shape index (κ3) is 4.20. The Morgan fingerprint density at radius 2 is 2.10 bits per heavy atom. The summed E-state index contributed by atoms with van der Waals surface area (Å²) in [6.07, 6.45) is 0. The summed E-state index contributed by atoms with van der Waals surface area (Å²) in [6, 6.07) is 6.52. The molecule has 2 aromatic rings. The highest BCUT2D eigenvalue weighted by atomic mass is 79.9. The van der Waals surface area contributed by atoms with E-state index in [0.29, 0.717) is 26.6 Å². The van der Waals surface area contributed by atoms with Gasteiger partial charge in [0.1, 0.15) is 4.90 Å². The molecular weight excluding hydrogens is 396 g/mol. The lowest BCUT2D eigenvalue weighted by Crippen LogP contribution is -2.17. The van der Waals surface area contributed by atoms with Gasteiger partial charge in [-0.15, -0.1) is 11.3 Å². The van der Waals surface area contributed by atoms with Gasteiger partial charge in [-0.2, -0.15) is 0 Å². The molecule has 0 amide bonds. The van der Waals surface area contributed by atoms with Gasteiger partial charge >= 0.3 is 0 Å². The zero-order valence-electron chi connectivity index (χ0n) is 11.2. The molecule has 0 unspecified atom stereocenters. The largest absolute Gasteiger partial charge is 0.312 e. The fourth-order valence-corrected chi connectivity index (χ4v) is 5.11. The molecule has 1 aromatic heterocycles. The molecule has 0 spiro atoms. The van der Waals surface area contributed by atoms with Crippen molar-refractivity contribution in [2.75, 3.05) is 11.3 Å². The summed E-state index contributed by atoms with van der Waals surface area (Å²) >= 11 is 10.6. The number of halogens is 2. The Kier molecular flexibility index (Phi) is 5.67. The second-order valence-electron chi connectivity index (χ2n) is 4.22. The lowest BCUT2D eigenvalue weighted by Gasteiger charge is -2.11. The third-order valence-electron chi connectivity index (χ3n) is 2.71. The number of benzene rings is 1. The number of hydrogen-bond donors (Lipinski definition) is 2. The summed E-state index contributed by atoms with van der Waals surface area (Å²) < 4.78 is 28.2. The molecule has 4 nitrogen and oxygen atoms in total. The highest BCUT2D eigenvalue weighted by Crippen LogP contribution is 2.30. The smallest absolute Gasteiger partial charge is 0.263 e. The van der Waals surface area contributed by atoms with E-state index in [1.807, 2.05) is 6.92 Å². The monoisotopic (exact) mass is 408 g/mol. The van der Waals surface area contributed by atoms with Gasteiger partial charge in [-0.1, -0.05) is 18.5 Å². The molecule has 8 heteroatoms. The van der Waals surface area contributed by atoms with E-state index < -0.39 is 10.0 Å². The molecule has 0 radical (unpaired) electrons. The predicted molar refractivity (Wildman–Crippen MR) is 91.7 cm³/mol. The van der Waals surface area contributed by atoms with Crippen LogP contribution in [-0.2, 0) is 16.6 Å². The standard InChI is InChI=1S/C13H14BrClN2O2S2/c1-2-16-8-12-13(5-6-20-12)21(18,19)17-11-4-3-9(15)7-10(11)14/h3-7,16-17H,2,8H2,1H3. The molecule has 0 atom stereocenters. The summed E-state index contributed by atoms with van der Waals surface area (Å²) in [4.78, 5) is 1.09. The van der Waals surface area contributed by atoms with Gasteiger partial charge in [0.2, 0.25) is 0 Å². The summed E-state index contributed by atoms with van der Waals surface area (Å²) in [5.41, 5.74) is 0.458. The third-order valence-corrected chi connectivity index (χ3v) is 6.10. The maximum absolute atomic E-state index is 12.5. The van der Waals surface area contributed by atoms with E-state index in [0.717, 1.165) is 11.4 Å². The van der Waals surface area contributed by atoms with E-state index in [2.05, 4.69) is 26.0 Å². The molecule has 1 heterocycles. The Balaban J connectivity index is 2.28. The quantitative estimate of drug-likeness (QED) is 0.756. The first kappa shape index (κ1) is 16.8. The van der Waals surface area contributed by atoms with Crippen LogP contribution >= 0.6 is 38.9 Å². The van der Waals surface area contributed by atoms with Crippen molar-refractivity contribution in [3.05, 3.63) is 44.0 Å². The maximum atomic E-state index is 12.5. The van der Waals surface area contributed by atoms with Crippen LogP contribution in [0.5, 0.6) is 0 Å². The highest BCUT2D eigenvalue weighted by molar-refractivity contribution is 9.10. The minimum Gasteiger partial charge on any atom is -0.312 e. The summed E-state index contributed by atoms with van der Waals surface area (Å²) in [6.45, 7) is 3.30. The van der Waals surface area contributed by atoms with Gasteiger partial charge < -0.3 is 5.32 Å². The van der Waals surface area contributed by atoms with Crippen LogP contribution in [0.4, 0.5) is 5.69 Å². The van der Waals surface area contributed by atoms with Gasteiger partial charge in [0.15, 0.2) is 0 Å². The Morgan fingerprint density at radius 3 is 2.76 bits per heavy atom. The van der Waals surface area contributed by atoms with E-state index in [9.17, 15) is 8.42 Å². The Bertz CT molecular complexity index is 732. The number of thiophene rings is 1. The van der Waals surface area contributed by atoms with Crippen molar-refractivity contribution < 1.29 is 8.42 Å². The van der Waals surface area contributed by atoms with Gasteiger partial charge in [0.05, 0.1) is 5.69 Å². The zero-order valence-corrected chi connectivity index (χ0v) is 15.2. The molecule has 114 valence electrons. The van der Waals surface area contributed by atoms with Crippen LogP contribution in [0.25, 0.3) is 0 Å². The minimum atomic E-state index is -3.62. The number of nitrogens with one attached hydrogen (secondary N) is 2. The topological polar surface area (TPSA) is 58.2 Å². The Labute approximate surface area is 141 Å². The second-order valence-corrected chi connectivity index (χ2v) is 8.16. The first-order valence-corrected chi connectivity index (χ1v) is 9.72. The predicted octanol–water partition coefficient (Wildman–Crippen LogP) is 4.07. The minimum absolute atomic E-state index is 0.301. The van der Waals surface area contributed by atoms with E-state index in [-0.39, 0.29) is 0 Å². The normalized spacial score (nSPS) is 11.6. The number of hydrogen-bond acceptors (Lipinski definition) is 4. The average Bonchev–Trinajstić information content (AvgIpc) is 2.89. The van der Waals surface area contributed by atoms with Crippen molar-refractivity contribution in [3.8, 4) is 0 Å². The summed E-state index contributed by atoms with van der Waals surface area (Å²) in [5, 5.41) is 5.45. The summed E-state index contributed by atoms with van der Waals surface area (Å²) in [7, 11) is -3.62.